The van der Waals surface area contributed by atoms with Crippen LogP contribution in [0.1, 0.15) is 5.82 Å². The number of aromatic amines is 1. The lowest BCUT2D eigenvalue weighted by Gasteiger charge is -2.04. The summed E-state index contributed by atoms with van der Waals surface area (Å²) in [7, 11) is -1.48. The van der Waals surface area contributed by atoms with Gasteiger partial charge in [-0.15, -0.1) is 0 Å². The van der Waals surface area contributed by atoms with Crippen molar-refractivity contribution < 1.29 is 8.42 Å². The lowest BCUT2D eigenvalue weighted by molar-refractivity contribution is 0.577. The Labute approximate surface area is 83.2 Å². The quantitative estimate of drug-likeness (QED) is 0.574. The molecule has 0 radical (unpaired) electrons. The van der Waals surface area contributed by atoms with Crippen molar-refractivity contribution in [3.8, 4) is 0 Å². The second kappa shape index (κ2) is 5.08. The average molecular weight is 218 g/mol. The lowest BCUT2D eigenvalue weighted by Crippen LogP contribution is -2.30. The summed E-state index contributed by atoms with van der Waals surface area (Å²) in [6.07, 6.45) is 3.23. The normalized spacial score (nSPS) is 11.8. The van der Waals surface area contributed by atoms with E-state index in [4.69, 9.17) is 0 Å². The molecule has 1 aromatic rings. The van der Waals surface area contributed by atoms with Gasteiger partial charge in [0.2, 0.25) is 10.0 Å². The second-order valence-corrected chi connectivity index (χ2v) is 4.71. The Morgan fingerprint density at radius 1 is 1.57 bits per heavy atom. The van der Waals surface area contributed by atoms with Gasteiger partial charge in [-0.1, -0.05) is 0 Å². The third kappa shape index (κ3) is 3.86. The van der Waals surface area contributed by atoms with Crippen LogP contribution in [0.15, 0.2) is 12.4 Å². The van der Waals surface area contributed by atoms with Crippen molar-refractivity contribution in [3.63, 3.8) is 0 Å². The maximum atomic E-state index is 11.3. The van der Waals surface area contributed by atoms with Crippen molar-refractivity contribution in [2.75, 3.05) is 19.3 Å². The second-order valence-electron chi connectivity index (χ2n) is 2.78. The van der Waals surface area contributed by atoms with Gasteiger partial charge in [-0.05, 0) is 7.05 Å². The van der Waals surface area contributed by atoms with E-state index < -0.39 is 10.0 Å². The molecule has 0 aliphatic heterocycles. The van der Waals surface area contributed by atoms with E-state index in [9.17, 15) is 8.42 Å². The summed E-state index contributed by atoms with van der Waals surface area (Å²) in [5.41, 5.74) is 0. The standard InChI is InChI=1S/C7H14N4O2S/c1-8-4-5-14(12,13)11-6-7-9-2-3-10-7/h2-3,8,11H,4-6H2,1H3,(H,9,10). The van der Waals surface area contributed by atoms with E-state index in [1.165, 1.54) is 0 Å². The van der Waals surface area contributed by atoms with Gasteiger partial charge in [-0.3, -0.25) is 0 Å². The predicted octanol–water partition coefficient (Wildman–Crippen LogP) is -0.951. The molecule has 1 heterocycles. The molecule has 1 aromatic heterocycles. The van der Waals surface area contributed by atoms with Gasteiger partial charge in [0, 0.05) is 18.9 Å². The highest BCUT2D eigenvalue weighted by Gasteiger charge is 2.08. The van der Waals surface area contributed by atoms with E-state index in [2.05, 4.69) is 20.0 Å². The first-order chi connectivity index (χ1) is 6.64. The number of nitrogens with zero attached hydrogens (tertiary/aromatic N) is 1. The first kappa shape index (κ1) is 11.2. The third-order valence-corrected chi connectivity index (χ3v) is 2.96. The Kier molecular flexibility index (Phi) is 4.05. The summed E-state index contributed by atoms with van der Waals surface area (Å²) in [6, 6.07) is 0. The van der Waals surface area contributed by atoms with Crippen LogP contribution in [-0.2, 0) is 16.6 Å². The van der Waals surface area contributed by atoms with Gasteiger partial charge in [0.1, 0.15) is 5.82 Å². The highest BCUT2D eigenvalue weighted by molar-refractivity contribution is 7.89. The zero-order valence-corrected chi connectivity index (χ0v) is 8.76. The number of nitrogens with one attached hydrogen (secondary N) is 3. The monoisotopic (exact) mass is 218 g/mol. The molecular weight excluding hydrogens is 204 g/mol. The molecule has 0 spiro atoms. The summed E-state index contributed by atoms with van der Waals surface area (Å²) >= 11 is 0. The van der Waals surface area contributed by atoms with Crippen LogP contribution in [0, 0.1) is 0 Å². The molecule has 3 N–H and O–H groups in total. The van der Waals surface area contributed by atoms with E-state index in [-0.39, 0.29) is 12.3 Å². The first-order valence-corrected chi connectivity index (χ1v) is 5.89. The molecule has 0 bridgehead atoms. The van der Waals surface area contributed by atoms with Gasteiger partial charge in [0.15, 0.2) is 0 Å². The van der Waals surface area contributed by atoms with Crippen LogP contribution in [-0.4, -0.2) is 37.7 Å². The molecule has 0 unspecified atom stereocenters. The van der Waals surface area contributed by atoms with Crippen LogP contribution in [0.5, 0.6) is 0 Å². The molecule has 0 saturated carbocycles. The number of H-pyrrole nitrogens is 1. The van der Waals surface area contributed by atoms with Crippen molar-refractivity contribution in [1.29, 1.82) is 0 Å². The Balaban J connectivity index is 2.37. The smallest absolute Gasteiger partial charge is 0.213 e. The number of imidazole rings is 1. The third-order valence-electron chi connectivity index (χ3n) is 1.64. The molecule has 0 atom stereocenters. The Bertz CT molecular complexity index is 346. The fraction of sp³-hybridized carbons (Fsp3) is 0.571. The van der Waals surface area contributed by atoms with Crippen LogP contribution in [0.2, 0.25) is 0 Å². The Hall–Kier alpha value is -0.920. The maximum absolute atomic E-state index is 11.3. The zero-order chi connectivity index (χ0) is 10.4. The molecule has 0 aliphatic rings. The largest absolute Gasteiger partial charge is 0.347 e. The van der Waals surface area contributed by atoms with Gasteiger partial charge in [0.05, 0.1) is 12.3 Å². The van der Waals surface area contributed by atoms with Crippen LogP contribution in [0.4, 0.5) is 0 Å². The van der Waals surface area contributed by atoms with E-state index in [1.54, 1.807) is 19.4 Å². The summed E-state index contributed by atoms with van der Waals surface area (Å²) in [4.78, 5) is 6.71. The topological polar surface area (TPSA) is 86.9 Å². The van der Waals surface area contributed by atoms with Crippen LogP contribution in [0.25, 0.3) is 0 Å². The van der Waals surface area contributed by atoms with Crippen molar-refractivity contribution >= 4 is 10.0 Å². The van der Waals surface area contributed by atoms with Crippen LogP contribution in [0.3, 0.4) is 0 Å². The molecular formula is C7H14N4O2S. The van der Waals surface area contributed by atoms with Gasteiger partial charge in [-0.25, -0.2) is 18.1 Å². The number of hydrogen-bond acceptors (Lipinski definition) is 4. The minimum Gasteiger partial charge on any atom is -0.347 e. The predicted molar refractivity (Wildman–Crippen MR) is 53.1 cm³/mol. The summed E-state index contributed by atoms with van der Waals surface area (Å²) in [5.74, 6) is 0.683. The zero-order valence-electron chi connectivity index (χ0n) is 7.95. The molecule has 6 nitrogen and oxygen atoms in total. The van der Waals surface area contributed by atoms with E-state index in [0.717, 1.165) is 0 Å². The number of aromatic nitrogens is 2. The Morgan fingerprint density at radius 3 is 2.93 bits per heavy atom. The van der Waals surface area contributed by atoms with Gasteiger partial charge >= 0.3 is 0 Å². The lowest BCUT2D eigenvalue weighted by atomic mass is 10.6. The molecule has 0 saturated heterocycles. The molecule has 0 aromatic carbocycles. The van der Waals surface area contributed by atoms with Crippen LogP contribution >= 0.6 is 0 Å². The number of hydrogen-bond donors (Lipinski definition) is 3. The number of rotatable bonds is 6. The van der Waals surface area contributed by atoms with E-state index in [1.807, 2.05) is 0 Å². The minimum absolute atomic E-state index is 0.0736. The molecule has 0 amide bonds. The van der Waals surface area contributed by atoms with Crippen molar-refractivity contribution in [3.05, 3.63) is 18.2 Å². The Morgan fingerprint density at radius 2 is 2.36 bits per heavy atom. The fourth-order valence-corrected chi connectivity index (χ4v) is 1.86. The van der Waals surface area contributed by atoms with E-state index >= 15 is 0 Å². The molecule has 14 heavy (non-hydrogen) atoms. The molecule has 0 aliphatic carbocycles. The van der Waals surface area contributed by atoms with Crippen LogP contribution < -0.4 is 10.0 Å². The SMILES string of the molecule is CNCCS(=O)(=O)NCc1ncc[nH]1. The van der Waals surface area contributed by atoms with Crippen molar-refractivity contribution in [2.45, 2.75) is 6.54 Å². The number of sulfonamides is 1. The highest BCUT2D eigenvalue weighted by Crippen LogP contribution is 1.90. The van der Waals surface area contributed by atoms with E-state index in [0.29, 0.717) is 12.4 Å². The van der Waals surface area contributed by atoms with Gasteiger partial charge < -0.3 is 10.3 Å². The summed E-state index contributed by atoms with van der Waals surface area (Å²) in [6.45, 7) is 0.645. The van der Waals surface area contributed by atoms with Gasteiger partial charge in [0.25, 0.3) is 0 Å². The molecule has 1 rings (SSSR count). The molecule has 80 valence electrons. The average Bonchev–Trinajstić information content (AvgIpc) is 2.64. The fourth-order valence-electron chi connectivity index (χ4n) is 0.882. The molecule has 7 heteroatoms. The van der Waals surface area contributed by atoms with Crippen molar-refractivity contribution in [1.82, 2.24) is 20.0 Å². The first-order valence-electron chi connectivity index (χ1n) is 4.24. The van der Waals surface area contributed by atoms with Crippen molar-refractivity contribution in [2.24, 2.45) is 0 Å². The highest BCUT2D eigenvalue weighted by atomic mass is 32.2. The summed E-state index contributed by atoms with van der Waals surface area (Å²) in [5, 5.41) is 2.77. The minimum atomic E-state index is -3.19. The maximum Gasteiger partial charge on any atom is 0.213 e. The van der Waals surface area contributed by atoms with Gasteiger partial charge in [-0.2, -0.15) is 0 Å². The molecule has 0 fully saturated rings. The summed E-state index contributed by atoms with van der Waals surface area (Å²) < 4.78 is 25.0.